The molecule has 3 aliphatic heterocycles. The molecule has 13 rings (SSSR count). The predicted molar refractivity (Wildman–Crippen MR) is 201 cm³/mol. The largest absolute Gasteiger partial charge is 0.456 e. The lowest BCUT2D eigenvalue weighted by Crippen LogP contribution is -2.55. The third-order valence-corrected chi connectivity index (χ3v) is 11.9. The third kappa shape index (κ3) is 2.57. The maximum atomic E-state index is 14.3. The zero-order chi connectivity index (χ0) is 32.5. The van der Waals surface area contributed by atoms with Crippen LogP contribution in [0.2, 0.25) is 0 Å². The highest BCUT2D eigenvalue weighted by Crippen LogP contribution is 2.64. The number of fused-ring (bicyclic) bond motifs is 20. The van der Waals surface area contributed by atoms with Gasteiger partial charge in [-0.25, -0.2) is 4.68 Å². The number of rotatable bonds is 0. The first-order chi connectivity index (χ1) is 24.8. The summed E-state index contributed by atoms with van der Waals surface area (Å²) in [4.78, 5) is 16.8. The van der Waals surface area contributed by atoms with Crippen LogP contribution in [0.4, 0.5) is 17.1 Å². The van der Waals surface area contributed by atoms with E-state index in [1.807, 2.05) is 28.9 Å². The molecule has 0 fully saturated rings. The Morgan fingerprint density at radius 3 is 2.00 bits per heavy atom. The highest BCUT2D eigenvalue weighted by atomic mass is 16.3. The topological polar surface area (TPSA) is 43.3 Å². The SMILES string of the molecule is O=c1c2ccccc2n2n1-c1cccc3c1B2c1c2c(cc4c1oc1ccccc14)C1(c4ccccc4-c4ccccc41)c1ccccc1N32. The second kappa shape index (κ2) is 8.36. The van der Waals surface area contributed by atoms with Gasteiger partial charge in [-0.05, 0) is 75.8 Å². The Morgan fingerprint density at radius 2 is 1.18 bits per heavy atom. The molecule has 1 aliphatic carbocycles. The first kappa shape index (κ1) is 25.5. The molecule has 6 heteroatoms. The number of hydrogen-bond acceptors (Lipinski definition) is 3. The molecule has 0 radical (unpaired) electrons. The average molecular weight is 638 g/mol. The highest BCUT2D eigenvalue weighted by Gasteiger charge is 2.56. The summed E-state index contributed by atoms with van der Waals surface area (Å²) in [5.41, 5.74) is 16.2. The van der Waals surface area contributed by atoms with Crippen LogP contribution in [0, 0.1) is 0 Å². The van der Waals surface area contributed by atoms with Gasteiger partial charge in [0.15, 0.2) is 0 Å². The minimum absolute atomic E-state index is 0.00102. The summed E-state index contributed by atoms with van der Waals surface area (Å²) in [6.45, 7) is -0.280. The van der Waals surface area contributed by atoms with Crippen molar-refractivity contribution in [1.82, 2.24) is 9.27 Å². The predicted octanol–water partition coefficient (Wildman–Crippen LogP) is 8.12. The number of furan rings is 1. The van der Waals surface area contributed by atoms with E-state index >= 15 is 0 Å². The van der Waals surface area contributed by atoms with Crippen molar-refractivity contribution in [2.75, 3.05) is 4.90 Å². The van der Waals surface area contributed by atoms with Crippen molar-refractivity contribution >= 4 is 67.7 Å². The van der Waals surface area contributed by atoms with Gasteiger partial charge in [0, 0.05) is 27.4 Å². The standard InChI is InChI=1S/C44H24BN3O2/c49-43-28-15-3-8-19-34(28)48-45-39-36(21-11-22-37(39)47(43)48)46-35-20-9-7-18-32(35)44(30-16-5-1-12-25(30)26-13-2-6-17-31(26)44)33-24-29-27-14-4-10-23-38(27)50-42(29)40(45)41(33)46/h1-24H. The van der Waals surface area contributed by atoms with Crippen LogP contribution in [-0.4, -0.2) is 16.1 Å². The summed E-state index contributed by atoms with van der Waals surface area (Å²) in [6.07, 6.45) is 0. The van der Waals surface area contributed by atoms with Crippen molar-refractivity contribution in [2.45, 2.75) is 5.41 Å². The van der Waals surface area contributed by atoms with Crippen molar-refractivity contribution in [3.05, 3.63) is 178 Å². The van der Waals surface area contributed by atoms with Crippen molar-refractivity contribution in [2.24, 2.45) is 0 Å². The van der Waals surface area contributed by atoms with Gasteiger partial charge in [-0.15, -0.1) is 0 Å². The van der Waals surface area contributed by atoms with Crippen LogP contribution in [0.3, 0.4) is 0 Å². The molecular weight excluding hydrogens is 613 g/mol. The minimum Gasteiger partial charge on any atom is -0.456 e. The molecule has 4 aliphatic rings. The maximum absolute atomic E-state index is 14.3. The summed E-state index contributed by atoms with van der Waals surface area (Å²) in [5.74, 6) is 0. The van der Waals surface area contributed by atoms with Crippen molar-refractivity contribution in [1.29, 1.82) is 0 Å². The Balaban J connectivity index is 1.31. The van der Waals surface area contributed by atoms with E-state index in [4.69, 9.17) is 4.42 Å². The summed E-state index contributed by atoms with van der Waals surface area (Å²) in [7, 11) is 0. The first-order valence-corrected chi connectivity index (χ1v) is 17.2. The van der Waals surface area contributed by atoms with Gasteiger partial charge in [0.2, 0.25) is 0 Å². The lowest BCUT2D eigenvalue weighted by Gasteiger charge is -2.48. The summed E-state index contributed by atoms with van der Waals surface area (Å²) in [5, 5.41) is 2.90. The molecule has 7 aromatic carbocycles. The molecule has 0 bridgehead atoms. The molecule has 5 heterocycles. The summed E-state index contributed by atoms with van der Waals surface area (Å²) >= 11 is 0. The van der Waals surface area contributed by atoms with Gasteiger partial charge in [-0.3, -0.25) is 4.79 Å². The molecule has 9 aromatic rings. The molecular formula is C44H24BN3O2. The van der Waals surface area contributed by atoms with Crippen LogP contribution in [0.5, 0.6) is 0 Å². The van der Waals surface area contributed by atoms with Gasteiger partial charge in [0.05, 0.1) is 33.4 Å². The van der Waals surface area contributed by atoms with E-state index < -0.39 is 5.41 Å². The van der Waals surface area contributed by atoms with Crippen LogP contribution < -0.4 is 21.4 Å². The molecule has 0 saturated carbocycles. The van der Waals surface area contributed by atoms with Crippen LogP contribution in [0.25, 0.3) is 49.7 Å². The highest BCUT2D eigenvalue weighted by molar-refractivity contribution is 6.90. The molecule has 5 nitrogen and oxygen atoms in total. The Hall–Kier alpha value is -6.53. The molecule has 0 amide bonds. The maximum Gasteiger partial charge on any atom is 0.357 e. The van der Waals surface area contributed by atoms with Gasteiger partial charge in [0.1, 0.15) is 11.2 Å². The van der Waals surface area contributed by atoms with Crippen LogP contribution in [-0.2, 0) is 5.41 Å². The van der Waals surface area contributed by atoms with Gasteiger partial charge >= 0.3 is 6.85 Å². The average Bonchev–Trinajstić information content (AvgIpc) is 3.89. The first-order valence-electron chi connectivity index (χ1n) is 17.2. The van der Waals surface area contributed by atoms with E-state index in [1.165, 1.54) is 33.4 Å². The third-order valence-electron chi connectivity index (χ3n) is 11.9. The van der Waals surface area contributed by atoms with Crippen molar-refractivity contribution < 1.29 is 4.42 Å². The molecule has 2 aromatic heterocycles. The fourth-order valence-corrected chi connectivity index (χ4v) is 10.2. The second-order valence-electron chi connectivity index (χ2n) is 13.9. The lowest BCUT2D eigenvalue weighted by molar-refractivity contribution is 0.670. The van der Waals surface area contributed by atoms with Crippen LogP contribution >= 0.6 is 0 Å². The number of para-hydroxylation sites is 3. The molecule has 0 atom stereocenters. The fourth-order valence-electron chi connectivity index (χ4n) is 10.2. The summed E-state index contributed by atoms with van der Waals surface area (Å²) < 4.78 is 11.1. The Kier molecular flexibility index (Phi) is 4.26. The fraction of sp³-hybridized carbons (Fsp3) is 0.0227. The lowest BCUT2D eigenvalue weighted by atomic mass is 9.46. The number of aromatic nitrogens is 2. The van der Waals surface area contributed by atoms with E-state index in [9.17, 15) is 4.79 Å². The van der Waals surface area contributed by atoms with Gasteiger partial charge in [-0.1, -0.05) is 103 Å². The Morgan fingerprint density at radius 1 is 0.540 bits per heavy atom. The smallest absolute Gasteiger partial charge is 0.357 e. The molecule has 0 unspecified atom stereocenters. The number of anilines is 3. The Bertz CT molecular complexity index is 3060. The second-order valence-corrected chi connectivity index (χ2v) is 13.9. The zero-order valence-corrected chi connectivity index (χ0v) is 26.6. The normalized spacial score (nSPS) is 15.0. The molecule has 0 N–H and O–H groups in total. The van der Waals surface area contributed by atoms with E-state index in [-0.39, 0.29) is 12.4 Å². The summed E-state index contributed by atoms with van der Waals surface area (Å²) in [6, 6.07) is 52.1. The Labute approximate surface area is 285 Å². The van der Waals surface area contributed by atoms with Gasteiger partial charge in [0.25, 0.3) is 5.56 Å². The molecule has 0 saturated heterocycles. The number of hydrogen-bond donors (Lipinski definition) is 0. The van der Waals surface area contributed by atoms with Crippen molar-refractivity contribution in [3.8, 4) is 16.8 Å². The van der Waals surface area contributed by atoms with Gasteiger partial charge < -0.3 is 13.9 Å². The van der Waals surface area contributed by atoms with E-state index in [0.717, 1.165) is 66.5 Å². The molecule has 1 spiro atoms. The van der Waals surface area contributed by atoms with E-state index in [1.54, 1.807) is 0 Å². The van der Waals surface area contributed by atoms with Crippen LogP contribution in [0.1, 0.15) is 22.3 Å². The number of nitrogens with zero attached hydrogens (tertiary/aromatic N) is 3. The van der Waals surface area contributed by atoms with Gasteiger partial charge in [-0.2, -0.15) is 0 Å². The zero-order valence-electron chi connectivity index (χ0n) is 26.6. The molecule has 230 valence electrons. The van der Waals surface area contributed by atoms with Crippen molar-refractivity contribution in [3.63, 3.8) is 0 Å². The quantitative estimate of drug-likeness (QED) is 0.158. The minimum atomic E-state index is -0.580. The van der Waals surface area contributed by atoms with Crippen LogP contribution in [0.15, 0.2) is 155 Å². The molecule has 50 heavy (non-hydrogen) atoms. The monoisotopic (exact) mass is 637 g/mol. The van der Waals surface area contributed by atoms with E-state index in [2.05, 4.69) is 131 Å². The number of benzene rings is 7. The van der Waals surface area contributed by atoms with E-state index in [0.29, 0.717) is 0 Å².